The molecule has 1 N–H and O–H groups in total. The highest BCUT2D eigenvalue weighted by Gasteiger charge is 2.16. The monoisotopic (exact) mass is 327 g/mol. The van der Waals surface area contributed by atoms with Gasteiger partial charge in [-0.3, -0.25) is 4.79 Å². The van der Waals surface area contributed by atoms with Crippen LogP contribution in [0.2, 0.25) is 5.15 Å². The lowest BCUT2D eigenvalue weighted by Crippen LogP contribution is -2.27. The molecule has 23 heavy (non-hydrogen) atoms. The third-order valence-electron chi connectivity index (χ3n) is 3.42. The Balaban J connectivity index is 1.49. The first-order valence-electron chi connectivity index (χ1n) is 7.10. The summed E-state index contributed by atoms with van der Waals surface area (Å²) in [6, 6.07) is 3.58. The van der Waals surface area contributed by atoms with Crippen molar-refractivity contribution in [2.75, 3.05) is 0 Å². The number of hydrogen-bond donors (Lipinski definition) is 1. The molecule has 0 fully saturated rings. The number of allylic oxidation sites excluding steroid dienone is 1. The molecule has 0 saturated carbocycles. The average molecular weight is 328 g/mol. The van der Waals surface area contributed by atoms with Crippen LogP contribution in [0.25, 0.3) is 0 Å². The predicted molar refractivity (Wildman–Crippen MR) is 87.1 cm³/mol. The van der Waals surface area contributed by atoms with Gasteiger partial charge in [0.05, 0.1) is 18.1 Å². The van der Waals surface area contributed by atoms with Crippen LogP contribution in [-0.4, -0.2) is 26.8 Å². The van der Waals surface area contributed by atoms with Crippen LogP contribution >= 0.6 is 11.6 Å². The van der Waals surface area contributed by atoms with E-state index in [0.29, 0.717) is 23.8 Å². The van der Waals surface area contributed by atoms with Gasteiger partial charge < -0.3 is 5.32 Å². The number of amides is 1. The van der Waals surface area contributed by atoms with Crippen LogP contribution in [0.3, 0.4) is 0 Å². The van der Waals surface area contributed by atoms with E-state index in [1.807, 2.05) is 19.1 Å². The van der Waals surface area contributed by atoms with E-state index < -0.39 is 0 Å². The molecule has 2 aromatic rings. The van der Waals surface area contributed by atoms with Crippen LogP contribution in [0.5, 0.6) is 0 Å². The standard InChI is InChI=1S/C16H14ClN5O/c1-10-7-19-20-9-12(10)13-6-15(21-13)22-16(23)5-3-11-2-4-14(17)18-8-11/h2,4,6-9H,3,5H2,1H3,(H,21,22,23). The Labute approximate surface area is 138 Å². The molecule has 2 aromatic heterocycles. The summed E-state index contributed by atoms with van der Waals surface area (Å²) >= 11 is 5.72. The van der Waals surface area contributed by atoms with E-state index in [4.69, 9.17) is 11.6 Å². The van der Waals surface area contributed by atoms with Crippen LogP contribution < -0.4 is 5.32 Å². The van der Waals surface area contributed by atoms with E-state index in [2.05, 4.69) is 25.5 Å². The van der Waals surface area contributed by atoms with Crippen molar-refractivity contribution >= 4 is 23.2 Å². The number of aromatic nitrogens is 3. The normalized spacial score (nSPS) is 13.0. The molecule has 1 amide bonds. The molecule has 1 aliphatic heterocycles. The number of aliphatic imine (C=N–C) groups is 1. The fourth-order valence-corrected chi connectivity index (χ4v) is 2.24. The first-order chi connectivity index (χ1) is 11.1. The molecule has 3 rings (SSSR count). The van der Waals surface area contributed by atoms with Crippen molar-refractivity contribution in [3.8, 4) is 0 Å². The van der Waals surface area contributed by atoms with E-state index in [1.165, 1.54) is 0 Å². The minimum absolute atomic E-state index is 0.0847. The number of carbonyl (C=O) groups is 1. The smallest absolute Gasteiger partial charge is 0.225 e. The van der Waals surface area contributed by atoms with Crippen molar-refractivity contribution in [1.29, 1.82) is 0 Å². The zero-order valence-electron chi connectivity index (χ0n) is 12.5. The Kier molecular flexibility index (Phi) is 4.43. The van der Waals surface area contributed by atoms with Crippen molar-refractivity contribution < 1.29 is 4.79 Å². The molecule has 0 saturated heterocycles. The van der Waals surface area contributed by atoms with Crippen molar-refractivity contribution in [2.24, 2.45) is 4.99 Å². The number of nitrogens with one attached hydrogen (secondary N) is 1. The van der Waals surface area contributed by atoms with Gasteiger partial charge in [-0.2, -0.15) is 10.2 Å². The highest BCUT2D eigenvalue weighted by molar-refractivity contribution is 6.29. The van der Waals surface area contributed by atoms with Gasteiger partial charge in [-0.05, 0) is 30.5 Å². The lowest BCUT2D eigenvalue weighted by molar-refractivity contribution is -0.120. The first-order valence-corrected chi connectivity index (χ1v) is 7.48. The highest BCUT2D eigenvalue weighted by Crippen LogP contribution is 2.16. The zero-order chi connectivity index (χ0) is 16.2. The van der Waals surface area contributed by atoms with Gasteiger partial charge in [-0.1, -0.05) is 17.7 Å². The predicted octanol–water partition coefficient (Wildman–Crippen LogP) is 2.23. The number of halogens is 1. The van der Waals surface area contributed by atoms with Gasteiger partial charge in [-0.25, -0.2) is 9.98 Å². The topological polar surface area (TPSA) is 80.1 Å². The number of nitrogens with zero attached hydrogens (tertiary/aromatic N) is 4. The van der Waals surface area contributed by atoms with Crippen LogP contribution in [0.4, 0.5) is 0 Å². The van der Waals surface area contributed by atoms with E-state index in [-0.39, 0.29) is 5.91 Å². The third kappa shape index (κ3) is 3.78. The van der Waals surface area contributed by atoms with Gasteiger partial charge in [0.25, 0.3) is 0 Å². The van der Waals surface area contributed by atoms with Crippen molar-refractivity contribution in [3.63, 3.8) is 0 Å². The van der Waals surface area contributed by atoms with E-state index in [9.17, 15) is 4.79 Å². The summed E-state index contributed by atoms with van der Waals surface area (Å²) in [7, 11) is 0. The Morgan fingerprint density at radius 3 is 2.70 bits per heavy atom. The SMILES string of the molecule is Cc1cnncc1C1=NC(NC(=O)CCc2ccc(Cl)nc2)=C1. The highest BCUT2D eigenvalue weighted by atomic mass is 35.5. The molecule has 0 atom stereocenters. The van der Waals surface area contributed by atoms with Crippen LogP contribution in [-0.2, 0) is 11.2 Å². The number of carbonyl (C=O) groups excluding carboxylic acids is 1. The van der Waals surface area contributed by atoms with Gasteiger partial charge in [0.15, 0.2) is 0 Å². The summed E-state index contributed by atoms with van der Waals surface area (Å²) in [6.45, 7) is 1.94. The number of hydrogen-bond acceptors (Lipinski definition) is 5. The fraction of sp³-hybridized carbons (Fsp3) is 0.188. The summed E-state index contributed by atoms with van der Waals surface area (Å²) < 4.78 is 0. The molecule has 116 valence electrons. The molecule has 0 bridgehead atoms. The second-order valence-corrected chi connectivity index (χ2v) is 5.54. The Morgan fingerprint density at radius 1 is 1.22 bits per heavy atom. The lowest BCUT2D eigenvalue weighted by Gasteiger charge is -2.16. The van der Waals surface area contributed by atoms with E-state index >= 15 is 0 Å². The second-order valence-electron chi connectivity index (χ2n) is 5.15. The lowest BCUT2D eigenvalue weighted by atomic mass is 10.1. The molecular weight excluding hydrogens is 314 g/mol. The van der Waals surface area contributed by atoms with Crippen molar-refractivity contribution in [2.45, 2.75) is 19.8 Å². The summed E-state index contributed by atoms with van der Waals surface area (Å²) in [5.74, 6) is 0.481. The summed E-state index contributed by atoms with van der Waals surface area (Å²) in [5, 5.41) is 10.9. The van der Waals surface area contributed by atoms with Gasteiger partial charge in [0.2, 0.25) is 5.91 Å². The molecule has 0 radical (unpaired) electrons. The second kappa shape index (κ2) is 6.66. The third-order valence-corrected chi connectivity index (χ3v) is 3.64. The quantitative estimate of drug-likeness (QED) is 0.854. The number of rotatable bonds is 5. The van der Waals surface area contributed by atoms with Crippen LogP contribution in [0, 0.1) is 6.92 Å². The molecule has 0 unspecified atom stereocenters. The molecule has 0 aromatic carbocycles. The van der Waals surface area contributed by atoms with Gasteiger partial charge in [-0.15, -0.1) is 0 Å². The molecular formula is C16H14ClN5O. The maximum Gasteiger partial charge on any atom is 0.225 e. The van der Waals surface area contributed by atoms with Crippen molar-refractivity contribution in [3.05, 3.63) is 64.5 Å². The zero-order valence-corrected chi connectivity index (χ0v) is 13.2. The molecule has 3 heterocycles. The molecule has 1 aliphatic rings. The van der Waals surface area contributed by atoms with Crippen molar-refractivity contribution in [1.82, 2.24) is 20.5 Å². The first kappa shape index (κ1) is 15.3. The van der Waals surface area contributed by atoms with Gasteiger partial charge in [0.1, 0.15) is 11.0 Å². The van der Waals surface area contributed by atoms with Crippen LogP contribution in [0.1, 0.15) is 23.1 Å². The number of aryl methyl sites for hydroxylation is 2. The van der Waals surface area contributed by atoms with Crippen LogP contribution in [0.15, 0.2) is 47.6 Å². The maximum atomic E-state index is 11.9. The minimum Gasteiger partial charge on any atom is -0.311 e. The van der Waals surface area contributed by atoms with E-state index in [0.717, 1.165) is 22.4 Å². The molecule has 0 spiro atoms. The van der Waals surface area contributed by atoms with Gasteiger partial charge >= 0.3 is 0 Å². The summed E-state index contributed by atoms with van der Waals surface area (Å²) in [6.07, 6.45) is 7.81. The molecule has 6 nitrogen and oxygen atoms in total. The molecule has 0 aliphatic carbocycles. The minimum atomic E-state index is -0.0847. The summed E-state index contributed by atoms with van der Waals surface area (Å²) in [4.78, 5) is 20.2. The van der Waals surface area contributed by atoms with Gasteiger partial charge in [0, 0.05) is 24.3 Å². The Hall–Kier alpha value is -2.60. The summed E-state index contributed by atoms with van der Waals surface area (Å²) in [5.41, 5.74) is 3.69. The maximum absolute atomic E-state index is 11.9. The Morgan fingerprint density at radius 2 is 2.00 bits per heavy atom. The average Bonchev–Trinajstić information content (AvgIpc) is 2.51. The molecule has 7 heteroatoms. The largest absolute Gasteiger partial charge is 0.311 e. The Bertz CT molecular complexity index is 798. The number of pyridine rings is 1. The van der Waals surface area contributed by atoms with E-state index in [1.54, 1.807) is 24.7 Å². The fourth-order valence-electron chi connectivity index (χ4n) is 2.13.